The van der Waals surface area contributed by atoms with Gasteiger partial charge in [-0.25, -0.2) is 0 Å². The number of nitrogens with two attached hydrogens (primary N) is 1. The number of nitrogens with zero attached hydrogens (tertiary/aromatic N) is 3. The van der Waals surface area contributed by atoms with Crippen LogP contribution in [0.2, 0.25) is 0 Å². The predicted molar refractivity (Wildman–Crippen MR) is 139 cm³/mol. The van der Waals surface area contributed by atoms with Crippen LogP contribution in [-0.2, 0) is 6.54 Å². The SMILES string of the molecule is Cc1cc(C(=N)c2cc(C(=O)NC3CCCC(Cn4ncc5ccccc54)C3)ccc2N)ccn1. The zero-order valence-electron chi connectivity index (χ0n) is 19.9. The molecule has 2 heterocycles. The quantitative estimate of drug-likeness (QED) is 0.282. The second-order valence-electron chi connectivity index (χ2n) is 9.45. The summed E-state index contributed by atoms with van der Waals surface area (Å²) in [5.74, 6) is 0.336. The number of aromatic nitrogens is 3. The van der Waals surface area contributed by atoms with Crippen molar-refractivity contribution in [3.05, 3.63) is 89.4 Å². The van der Waals surface area contributed by atoms with Gasteiger partial charge in [0.15, 0.2) is 0 Å². The van der Waals surface area contributed by atoms with Crippen LogP contribution in [0.4, 0.5) is 5.69 Å². The fourth-order valence-corrected chi connectivity index (χ4v) is 5.04. The Morgan fingerprint density at radius 2 is 2.00 bits per heavy atom. The molecule has 2 aromatic heterocycles. The minimum absolute atomic E-state index is 0.117. The third kappa shape index (κ3) is 4.94. The lowest BCUT2D eigenvalue weighted by Crippen LogP contribution is -2.39. The summed E-state index contributed by atoms with van der Waals surface area (Å²) in [4.78, 5) is 17.3. The lowest BCUT2D eigenvalue weighted by Gasteiger charge is -2.30. The number of aryl methyl sites for hydroxylation is 1. The van der Waals surface area contributed by atoms with Gasteiger partial charge in [0, 0.05) is 52.2 Å². The molecule has 1 saturated carbocycles. The number of nitrogen functional groups attached to an aromatic ring is 1. The van der Waals surface area contributed by atoms with E-state index < -0.39 is 0 Å². The maximum absolute atomic E-state index is 13.1. The largest absolute Gasteiger partial charge is 0.398 e. The van der Waals surface area contributed by atoms with E-state index in [1.165, 1.54) is 0 Å². The number of carbonyl (C=O) groups excluding carboxylic acids is 1. The summed E-state index contributed by atoms with van der Waals surface area (Å²) < 4.78 is 2.09. The molecule has 0 bridgehead atoms. The second-order valence-corrected chi connectivity index (χ2v) is 9.45. The summed E-state index contributed by atoms with van der Waals surface area (Å²) in [5.41, 5.74) is 10.7. The van der Waals surface area contributed by atoms with Gasteiger partial charge in [-0.15, -0.1) is 0 Å². The Kier molecular flexibility index (Phi) is 6.31. The first-order valence-electron chi connectivity index (χ1n) is 12.1. The maximum Gasteiger partial charge on any atom is 0.251 e. The molecule has 2 atom stereocenters. The molecule has 5 rings (SSSR count). The first-order chi connectivity index (χ1) is 17.0. The first kappa shape index (κ1) is 22.8. The van der Waals surface area contributed by atoms with Crippen LogP contribution in [0.3, 0.4) is 0 Å². The van der Waals surface area contributed by atoms with Crippen LogP contribution in [0.5, 0.6) is 0 Å². The molecule has 2 aromatic carbocycles. The van der Waals surface area contributed by atoms with Crippen molar-refractivity contribution in [3.8, 4) is 0 Å². The summed E-state index contributed by atoms with van der Waals surface area (Å²) in [5, 5.41) is 17.6. The highest BCUT2D eigenvalue weighted by molar-refractivity contribution is 6.14. The second kappa shape index (κ2) is 9.70. The number of anilines is 1. The highest BCUT2D eigenvalue weighted by Gasteiger charge is 2.25. The number of rotatable bonds is 6. The van der Waals surface area contributed by atoms with E-state index in [0.717, 1.165) is 54.4 Å². The fraction of sp³-hybridized carbons (Fsp3) is 0.286. The lowest BCUT2D eigenvalue weighted by molar-refractivity contribution is 0.0917. The molecule has 2 unspecified atom stereocenters. The van der Waals surface area contributed by atoms with Gasteiger partial charge in [0.25, 0.3) is 5.91 Å². The highest BCUT2D eigenvalue weighted by atomic mass is 16.1. The van der Waals surface area contributed by atoms with E-state index in [-0.39, 0.29) is 17.7 Å². The molecule has 1 aliphatic rings. The summed E-state index contributed by atoms with van der Waals surface area (Å²) in [6, 6.07) is 17.2. The van der Waals surface area contributed by atoms with E-state index in [1.54, 1.807) is 30.5 Å². The minimum atomic E-state index is -0.125. The average Bonchev–Trinajstić information content (AvgIpc) is 3.27. The topological polar surface area (TPSA) is 110 Å². The van der Waals surface area contributed by atoms with Gasteiger partial charge in [-0.2, -0.15) is 5.10 Å². The number of nitrogens with one attached hydrogen (secondary N) is 2. The molecule has 7 nitrogen and oxygen atoms in total. The average molecular weight is 467 g/mol. The predicted octanol–water partition coefficient (Wildman–Crippen LogP) is 4.73. The maximum atomic E-state index is 13.1. The number of carbonyl (C=O) groups is 1. The molecule has 0 aliphatic heterocycles. The van der Waals surface area contributed by atoms with E-state index in [4.69, 9.17) is 11.1 Å². The standard InChI is InChI=1S/C28H30N6O/c1-18-13-20(11-12-31-18)27(30)24-15-21(9-10-25(24)29)28(35)33-23-7-4-5-19(14-23)17-34-26-8-3-2-6-22(26)16-32-34/h2-3,6,8-13,15-16,19,23,30H,4-5,7,14,17,29H2,1H3,(H,33,35). The van der Waals surface area contributed by atoms with E-state index in [1.807, 2.05) is 31.3 Å². The van der Waals surface area contributed by atoms with E-state index >= 15 is 0 Å². The monoisotopic (exact) mass is 466 g/mol. The van der Waals surface area contributed by atoms with E-state index in [9.17, 15) is 4.79 Å². The number of pyridine rings is 1. The Bertz CT molecular complexity index is 1390. The van der Waals surface area contributed by atoms with Gasteiger partial charge in [-0.05, 0) is 68.5 Å². The van der Waals surface area contributed by atoms with Crippen LogP contribution in [0, 0.1) is 18.3 Å². The Morgan fingerprint density at radius 1 is 1.14 bits per heavy atom. The summed E-state index contributed by atoms with van der Waals surface area (Å²) >= 11 is 0. The first-order valence-corrected chi connectivity index (χ1v) is 12.1. The Hall–Kier alpha value is -4.00. The molecule has 4 N–H and O–H groups in total. The van der Waals surface area contributed by atoms with Gasteiger partial charge < -0.3 is 11.1 Å². The van der Waals surface area contributed by atoms with Gasteiger partial charge in [0.05, 0.1) is 17.4 Å². The molecule has 0 spiro atoms. The van der Waals surface area contributed by atoms with E-state index in [2.05, 4.69) is 32.2 Å². The zero-order chi connectivity index (χ0) is 24.4. The van der Waals surface area contributed by atoms with Crippen LogP contribution in [0.25, 0.3) is 10.9 Å². The van der Waals surface area contributed by atoms with Crippen molar-refractivity contribution < 1.29 is 4.79 Å². The summed E-state index contributed by atoms with van der Waals surface area (Å²) in [7, 11) is 0. The zero-order valence-corrected chi connectivity index (χ0v) is 19.9. The Balaban J connectivity index is 1.27. The van der Waals surface area contributed by atoms with Crippen molar-refractivity contribution in [2.75, 3.05) is 5.73 Å². The number of fused-ring (bicyclic) bond motifs is 1. The van der Waals surface area contributed by atoms with Crippen molar-refractivity contribution in [1.82, 2.24) is 20.1 Å². The molecule has 35 heavy (non-hydrogen) atoms. The normalized spacial score (nSPS) is 17.9. The van der Waals surface area contributed by atoms with Gasteiger partial charge in [-0.1, -0.05) is 24.6 Å². The van der Waals surface area contributed by atoms with Gasteiger partial charge in [0.1, 0.15) is 0 Å². The van der Waals surface area contributed by atoms with Crippen LogP contribution < -0.4 is 11.1 Å². The summed E-state index contributed by atoms with van der Waals surface area (Å²) in [6.45, 7) is 2.74. The van der Waals surface area contributed by atoms with Crippen molar-refractivity contribution in [3.63, 3.8) is 0 Å². The number of para-hydroxylation sites is 1. The Labute approximate surface area is 204 Å². The van der Waals surface area contributed by atoms with Crippen LogP contribution in [0.1, 0.15) is 52.9 Å². The fourth-order valence-electron chi connectivity index (χ4n) is 5.04. The van der Waals surface area contributed by atoms with Crippen molar-refractivity contribution in [2.45, 2.75) is 45.2 Å². The molecular formula is C28H30N6O. The number of hydrogen-bond donors (Lipinski definition) is 3. The third-order valence-corrected chi connectivity index (χ3v) is 6.87. The van der Waals surface area contributed by atoms with Crippen molar-refractivity contribution >= 4 is 28.2 Å². The molecule has 0 saturated heterocycles. The molecule has 1 aliphatic carbocycles. The Morgan fingerprint density at radius 3 is 2.86 bits per heavy atom. The number of amides is 1. The highest BCUT2D eigenvalue weighted by Crippen LogP contribution is 2.27. The van der Waals surface area contributed by atoms with Crippen molar-refractivity contribution in [1.29, 1.82) is 5.41 Å². The van der Waals surface area contributed by atoms with Gasteiger partial charge >= 0.3 is 0 Å². The number of hydrogen-bond acceptors (Lipinski definition) is 5. The molecule has 1 amide bonds. The minimum Gasteiger partial charge on any atom is -0.398 e. The van der Waals surface area contributed by atoms with E-state index in [0.29, 0.717) is 22.7 Å². The third-order valence-electron chi connectivity index (χ3n) is 6.87. The van der Waals surface area contributed by atoms with Crippen LogP contribution in [-0.4, -0.2) is 32.4 Å². The molecular weight excluding hydrogens is 436 g/mol. The van der Waals surface area contributed by atoms with Crippen molar-refractivity contribution in [2.24, 2.45) is 5.92 Å². The molecule has 1 fully saturated rings. The molecule has 7 heteroatoms. The summed E-state index contributed by atoms with van der Waals surface area (Å²) in [6.07, 6.45) is 7.70. The van der Waals surface area contributed by atoms with Crippen LogP contribution >= 0.6 is 0 Å². The number of benzene rings is 2. The van der Waals surface area contributed by atoms with Crippen LogP contribution in [0.15, 0.2) is 67.0 Å². The molecule has 0 radical (unpaired) electrons. The van der Waals surface area contributed by atoms with Gasteiger partial charge in [-0.3, -0.25) is 19.9 Å². The molecule has 4 aromatic rings. The smallest absolute Gasteiger partial charge is 0.251 e. The lowest BCUT2D eigenvalue weighted by atomic mass is 9.85. The molecule has 178 valence electrons. The van der Waals surface area contributed by atoms with Gasteiger partial charge in [0.2, 0.25) is 0 Å².